The van der Waals surface area contributed by atoms with Crippen molar-refractivity contribution in [2.24, 2.45) is 0 Å². The molecule has 0 radical (unpaired) electrons. The second-order valence-electron chi connectivity index (χ2n) is 12.3. The third kappa shape index (κ3) is 5.59. The van der Waals surface area contributed by atoms with Crippen molar-refractivity contribution in [2.75, 3.05) is 0 Å². The maximum Gasteiger partial charge on any atom is 0.164 e. The number of hydrogen-bond acceptors (Lipinski definition) is 4. The highest BCUT2D eigenvalue weighted by molar-refractivity contribution is 5.99. The van der Waals surface area contributed by atoms with Crippen molar-refractivity contribution in [2.45, 2.75) is 0 Å². The number of rotatable bonds is 6. The van der Waals surface area contributed by atoms with Gasteiger partial charge in [-0.25, -0.2) is 15.0 Å². The fourth-order valence-corrected chi connectivity index (χ4v) is 6.63. The van der Waals surface area contributed by atoms with Crippen LogP contribution in [0.1, 0.15) is 0 Å². The molecule has 0 spiro atoms. The van der Waals surface area contributed by atoms with Gasteiger partial charge in [0, 0.05) is 33.8 Å². The molecule has 9 rings (SSSR count). The fraction of sp³-hybridized carbons (Fsp3) is 0. The Morgan fingerprint density at radius 3 is 1.42 bits per heavy atom. The number of nitrogens with zero attached hydrogens (tertiary/aromatic N) is 4. The van der Waals surface area contributed by atoms with E-state index in [2.05, 4.69) is 114 Å². The van der Waals surface area contributed by atoms with Gasteiger partial charge >= 0.3 is 0 Å². The predicted molar refractivity (Wildman–Crippen MR) is 205 cm³/mol. The van der Waals surface area contributed by atoms with Gasteiger partial charge in [0.25, 0.3) is 0 Å². The Bertz CT molecular complexity index is 2550. The minimum Gasteiger partial charge on any atom is -0.256 e. The molecular weight excluding hydrogens is 609 g/mol. The molecule has 0 unspecified atom stereocenters. The molecule has 0 saturated heterocycles. The van der Waals surface area contributed by atoms with Gasteiger partial charge in [-0.05, 0) is 50.7 Å². The maximum atomic E-state index is 4.89. The third-order valence-electron chi connectivity index (χ3n) is 9.20. The van der Waals surface area contributed by atoms with Crippen molar-refractivity contribution in [3.63, 3.8) is 0 Å². The lowest BCUT2D eigenvalue weighted by Gasteiger charge is -2.11. The van der Waals surface area contributed by atoms with Crippen LogP contribution in [0.2, 0.25) is 0 Å². The molecular formula is C46H30N4. The molecule has 0 atom stereocenters. The van der Waals surface area contributed by atoms with Crippen LogP contribution in [0.25, 0.3) is 89.2 Å². The van der Waals surface area contributed by atoms with E-state index in [4.69, 9.17) is 15.0 Å². The Hall–Kier alpha value is -6.78. The van der Waals surface area contributed by atoms with E-state index >= 15 is 0 Å². The number of para-hydroxylation sites is 1. The minimum atomic E-state index is 0.648. The summed E-state index contributed by atoms with van der Waals surface area (Å²) in [7, 11) is 0. The molecule has 0 aliphatic heterocycles. The Labute approximate surface area is 290 Å². The number of aromatic nitrogens is 4. The van der Waals surface area contributed by atoms with Crippen LogP contribution >= 0.6 is 0 Å². The van der Waals surface area contributed by atoms with Crippen molar-refractivity contribution < 1.29 is 0 Å². The molecule has 9 aromatic rings. The highest BCUT2D eigenvalue weighted by Gasteiger charge is 2.13. The molecule has 0 bridgehead atoms. The van der Waals surface area contributed by atoms with E-state index < -0.39 is 0 Å². The first-order chi connectivity index (χ1) is 24.8. The van der Waals surface area contributed by atoms with Crippen molar-refractivity contribution >= 4 is 21.7 Å². The summed E-state index contributed by atoms with van der Waals surface area (Å²) in [6.07, 6.45) is 1.86. The highest BCUT2D eigenvalue weighted by Crippen LogP contribution is 2.35. The van der Waals surface area contributed by atoms with Crippen molar-refractivity contribution in [1.29, 1.82) is 0 Å². The van der Waals surface area contributed by atoms with E-state index in [9.17, 15) is 0 Å². The topological polar surface area (TPSA) is 51.6 Å². The molecule has 7 aromatic carbocycles. The Balaban J connectivity index is 1.03. The van der Waals surface area contributed by atoms with Crippen LogP contribution in [-0.2, 0) is 0 Å². The summed E-state index contributed by atoms with van der Waals surface area (Å²) in [5.74, 6) is 1.96. The average molecular weight is 639 g/mol. The highest BCUT2D eigenvalue weighted by atomic mass is 15.0. The molecule has 0 saturated carbocycles. The number of fused-ring (bicyclic) bond motifs is 2. The summed E-state index contributed by atoms with van der Waals surface area (Å²) < 4.78 is 0. The second kappa shape index (κ2) is 12.7. The van der Waals surface area contributed by atoms with E-state index in [-0.39, 0.29) is 0 Å². The molecule has 0 aliphatic rings. The second-order valence-corrected chi connectivity index (χ2v) is 12.3. The summed E-state index contributed by atoms with van der Waals surface area (Å²) in [6.45, 7) is 0. The lowest BCUT2D eigenvalue weighted by molar-refractivity contribution is 1.07. The molecule has 4 heteroatoms. The smallest absolute Gasteiger partial charge is 0.164 e. The monoisotopic (exact) mass is 638 g/mol. The number of hydrogen-bond donors (Lipinski definition) is 0. The van der Waals surface area contributed by atoms with Crippen molar-refractivity contribution in [3.05, 3.63) is 182 Å². The summed E-state index contributed by atoms with van der Waals surface area (Å²) >= 11 is 0. The Kier molecular flexibility index (Phi) is 7.45. The molecule has 0 fully saturated rings. The van der Waals surface area contributed by atoms with Gasteiger partial charge in [0.1, 0.15) is 0 Å². The van der Waals surface area contributed by atoms with E-state index in [0.717, 1.165) is 49.8 Å². The quantitative estimate of drug-likeness (QED) is 0.182. The largest absolute Gasteiger partial charge is 0.256 e. The van der Waals surface area contributed by atoms with Gasteiger partial charge in [0.2, 0.25) is 0 Å². The molecule has 4 nitrogen and oxygen atoms in total. The summed E-state index contributed by atoms with van der Waals surface area (Å²) in [5, 5.41) is 3.57. The molecule has 0 N–H and O–H groups in total. The lowest BCUT2D eigenvalue weighted by Crippen LogP contribution is -2.00. The van der Waals surface area contributed by atoms with Crippen LogP contribution in [0.5, 0.6) is 0 Å². The van der Waals surface area contributed by atoms with Gasteiger partial charge in [0.15, 0.2) is 17.5 Å². The standard InChI is InChI=1S/C46H30N4/c1-3-10-35(11-4-1)44-48-45(36-12-5-2-6-13-36)50-46(49-44)37-25-19-31(20-26-37)38-27-28-41-39(30-38)15-8-17-40(41)32-21-23-33(24-22-32)42-18-7-14-34-16-9-29-47-43(34)42/h1-30H. The molecule has 2 aromatic heterocycles. The summed E-state index contributed by atoms with van der Waals surface area (Å²) in [6, 6.07) is 61.1. The SMILES string of the molecule is c1ccc(-c2nc(-c3ccccc3)nc(-c3ccc(-c4ccc5c(-c6ccc(-c7cccc8cccnc78)cc6)cccc5c4)cc3)n2)cc1. The van der Waals surface area contributed by atoms with Gasteiger partial charge in [-0.3, -0.25) is 4.98 Å². The zero-order valence-corrected chi connectivity index (χ0v) is 27.1. The van der Waals surface area contributed by atoms with Crippen molar-refractivity contribution in [1.82, 2.24) is 19.9 Å². The molecule has 50 heavy (non-hydrogen) atoms. The van der Waals surface area contributed by atoms with E-state index in [1.165, 1.54) is 21.9 Å². The summed E-state index contributed by atoms with van der Waals surface area (Å²) in [4.78, 5) is 19.3. The predicted octanol–water partition coefficient (Wildman–Crippen LogP) is 11.6. The molecule has 234 valence electrons. The summed E-state index contributed by atoms with van der Waals surface area (Å²) in [5.41, 5.74) is 10.9. The van der Waals surface area contributed by atoms with E-state index in [0.29, 0.717) is 17.5 Å². The van der Waals surface area contributed by atoms with Gasteiger partial charge in [0.05, 0.1) is 5.52 Å². The van der Waals surface area contributed by atoms with Gasteiger partial charge in [-0.2, -0.15) is 0 Å². The number of benzene rings is 7. The van der Waals surface area contributed by atoms with Crippen LogP contribution in [0, 0.1) is 0 Å². The lowest BCUT2D eigenvalue weighted by atomic mass is 9.93. The first-order valence-electron chi connectivity index (χ1n) is 16.7. The zero-order chi connectivity index (χ0) is 33.3. The Morgan fingerprint density at radius 1 is 0.300 bits per heavy atom. The van der Waals surface area contributed by atoms with Crippen LogP contribution in [-0.4, -0.2) is 19.9 Å². The molecule has 0 aliphatic carbocycles. The zero-order valence-electron chi connectivity index (χ0n) is 27.1. The van der Waals surface area contributed by atoms with Gasteiger partial charge in [-0.15, -0.1) is 0 Å². The first kappa shape index (κ1) is 29.4. The van der Waals surface area contributed by atoms with Gasteiger partial charge < -0.3 is 0 Å². The number of pyridine rings is 1. The Morgan fingerprint density at radius 2 is 0.780 bits per heavy atom. The first-order valence-corrected chi connectivity index (χ1v) is 16.7. The van der Waals surface area contributed by atoms with Crippen LogP contribution in [0.4, 0.5) is 0 Å². The van der Waals surface area contributed by atoms with E-state index in [1.54, 1.807) is 0 Å². The average Bonchev–Trinajstić information content (AvgIpc) is 3.21. The van der Waals surface area contributed by atoms with Crippen molar-refractivity contribution in [3.8, 4) is 67.5 Å². The van der Waals surface area contributed by atoms with Crippen LogP contribution in [0.15, 0.2) is 182 Å². The normalized spacial score (nSPS) is 11.2. The fourth-order valence-electron chi connectivity index (χ4n) is 6.63. The molecule has 0 amide bonds. The third-order valence-corrected chi connectivity index (χ3v) is 9.20. The van der Waals surface area contributed by atoms with Gasteiger partial charge in [-0.1, -0.05) is 164 Å². The van der Waals surface area contributed by atoms with Crippen LogP contribution < -0.4 is 0 Å². The van der Waals surface area contributed by atoms with Crippen LogP contribution in [0.3, 0.4) is 0 Å². The maximum absolute atomic E-state index is 4.89. The molecule has 2 heterocycles. The van der Waals surface area contributed by atoms with E-state index in [1.807, 2.05) is 72.9 Å². The minimum absolute atomic E-state index is 0.648.